The van der Waals surface area contributed by atoms with Gasteiger partial charge in [0.1, 0.15) is 6.07 Å². The maximum atomic E-state index is 9.34. The van der Waals surface area contributed by atoms with Crippen LogP contribution in [0.15, 0.2) is 47.2 Å². The van der Waals surface area contributed by atoms with E-state index in [0.717, 1.165) is 21.2 Å². The molecule has 94 valence electrons. The van der Waals surface area contributed by atoms with Gasteiger partial charge in [-0.1, -0.05) is 28.1 Å². The number of aromatic nitrogens is 1. The van der Waals surface area contributed by atoms with Gasteiger partial charge in [-0.2, -0.15) is 5.26 Å². The molecule has 19 heavy (non-hydrogen) atoms. The number of nitrogens with zero attached hydrogens (tertiary/aromatic N) is 2. The molecule has 0 amide bonds. The molecule has 0 atom stereocenters. The molecule has 1 aromatic carbocycles. The fourth-order valence-electron chi connectivity index (χ4n) is 1.81. The van der Waals surface area contributed by atoms with Gasteiger partial charge in [0.2, 0.25) is 0 Å². The van der Waals surface area contributed by atoms with Crippen LogP contribution in [-0.4, -0.2) is 4.98 Å². The average Bonchev–Trinajstić information content (AvgIpc) is 2.43. The lowest BCUT2D eigenvalue weighted by Crippen LogP contribution is -2.03. The molecule has 1 heterocycles. The van der Waals surface area contributed by atoms with Crippen LogP contribution in [0.5, 0.6) is 0 Å². The van der Waals surface area contributed by atoms with E-state index in [-0.39, 0.29) is 0 Å². The van der Waals surface area contributed by atoms with Crippen molar-refractivity contribution in [2.24, 2.45) is 5.73 Å². The van der Waals surface area contributed by atoms with Crippen molar-refractivity contribution in [2.45, 2.75) is 6.92 Å². The van der Waals surface area contributed by atoms with E-state index in [9.17, 15) is 5.26 Å². The van der Waals surface area contributed by atoms with E-state index in [0.29, 0.717) is 11.3 Å². The van der Waals surface area contributed by atoms with Crippen molar-refractivity contribution in [1.29, 1.82) is 5.26 Å². The van der Waals surface area contributed by atoms with Gasteiger partial charge in [-0.05, 0) is 30.7 Å². The van der Waals surface area contributed by atoms with Crippen LogP contribution in [0.4, 0.5) is 0 Å². The van der Waals surface area contributed by atoms with Crippen LogP contribution in [0.2, 0.25) is 0 Å². The number of hydrogen-bond acceptors (Lipinski definition) is 3. The Morgan fingerprint density at radius 1 is 1.37 bits per heavy atom. The highest BCUT2D eigenvalue weighted by atomic mass is 79.9. The third-order valence-electron chi connectivity index (χ3n) is 2.82. The number of aryl methyl sites for hydroxylation is 1. The van der Waals surface area contributed by atoms with Crippen molar-refractivity contribution in [3.63, 3.8) is 0 Å². The highest BCUT2D eigenvalue weighted by Gasteiger charge is 2.10. The van der Waals surface area contributed by atoms with Crippen LogP contribution in [-0.2, 0) is 0 Å². The summed E-state index contributed by atoms with van der Waals surface area (Å²) in [4.78, 5) is 4.02. The lowest BCUT2D eigenvalue weighted by molar-refractivity contribution is 1.31. The van der Waals surface area contributed by atoms with Gasteiger partial charge in [-0.25, -0.2) is 0 Å². The SMILES string of the molecule is Cc1ccc(Br)cc1/C(N)=C(/C#N)c1cccnc1. The van der Waals surface area contributed by atoms with Gasteiger partial charge in [0, 0.05) is 28.0 Å². The number of benzene rings is 1. The summed E-state index contributed by atoms with van der Waals surface area (Å²) in [5.74, 6) is 0. The number of halogens is 1. The summed E-state index contributed by atoms with van der Waals surface area (Å²) in [6, 6.07) is 11.6. The second-order valence-electron chi connectivity index (χ2n) is 4.10. The Hall–Kier alpha value is -2.12. The fourth-order valence-corrected chi connectivity index (χ4v) is 2.17. The first kappa shape index (κ1) is 13.3. The summed E-state index contributed by atoms with van der Waals surface area (Å²) < 4.78 is 0.930. The van der Waals surface area contributed by atoms with Gasteiger partial charge >= 0.3 is 0 Å². The molecule has 2 N–H and O–H groups in total. The Kier molecular flexibility index (Phi) is 3.98. The quantitative estimate of drug-likeness (QED) is 0.863. The number of allylic oxidation sites excluding steroid dienone is 1. The molecule has 1 aromatic heterocycles. The van der Waals surface area contributed by atoms with Gasteiger partial charge in [0.15, 0.2) is 0 Å². The van der Waals surface area contributed by atoms with Crippen LogP contribution in [0.25, 0.3) is 11.3 Å². The predicted octanol–water partition coefficient (Wildman–Crippen LogP) is 3.50. The van der Waals surface area contributed by atoms with Crippen molar-refractivity contribution in [1.82, 2.24) is 4.98 Å². The van der Waals surface area contributed by atoms with E-state index in [1.807, 2.05) is 31.2 Å². The topological polar surface area (TPSA) is 62.7 Å². The standard InChI is InChI=1S/C15H12BrN3/c1-10-4-5-12(16)7-13(10)15(18)14(8-17)11-3-2-6-19-9-11/h2-7,9H,18H2,1H3/b15-14+. The molecule has 4 heteroatoms. The third kappa shape index (κ3) is 2.83. The molecule has 0 spiro atoms. The Balaban J connectivity index is 2.62. The number of nitriles is 1. The van der Waals surface area contributed by atoms with E-state index in [1.165, 1.54) is 0 Å². The van der Waals surface area contributed by atoms with E-state index in [2.05, 4.69) is 27.0 Å². The van der Waals surface area contributed by atoms with Crippen molar-refractivity contribution >= 4 is 27.2 Å². The Bertz CT molecular complexity index is 670. The summed E-state index contributed by atoms with van der Waals surface area (Å²) in [5, 5.41) is 9.34. The van der Waals surface area contributed by atoms with Gasteiger partial charge < -0.3 is 5.73 Å². The highest BCUT2D eigenvalue weighted by Crippen LogP contribution is 2.26. The minimum Gasteiger partial charge on any atom is -0.397 e. The van der Waals surface area contributed by atoms with Gasteiger partial charge in [0.05, 0.1) is 11.3 Å². The van der Waals surface area contributed by atoms with E-state index < -0.39 is 0 Å². The number of nitrogens with two attached hydrogens (primary N) is 1. The van der Waals surface area contributed by atoms with E-state index in [1.54, 1.807) is 18.5 Å². The first-order valence-corrected chi connectivity index (χ1v) is 6.49. The predicted molar refractivity (Wildman–Crippen MR) is 79.7 cm³/mol. The molecule has 0 saturated carbocycles. The molecule has 0 aliphatic rings. The molecule has 0 unspecified atom stereocenters. The van der Waals surface area contributed by atoms with Crippen molar-refractivity contribution in [2.75, 3.05) is 0 Å². The Labute approximate surface area is 120 Å². The minimum atomic E-state index is 0.439. The summed E-state index contributed by atoms with van der Waals surface area (Å²) in [5.41, 5.74) is 9.67. The molecular formula is C15H12BrN3. The van der Waals surface area contributed by atoms with Gasteiger partial charge in [-0.3, -0.25) is 4.98 Å². The van der Waals surface area contributed by atoms with Crippen LogP contribution >= 0.6 is 15.9 Å². The van der Waals surface area contributed by atoms with Crippen LogP contribution in [0, 0.1) is 18.3 Å². The van der Waals surface area contributed by atoms with Crippen LogP contribution in [0.3, 0.4) is 0 Å². The Morgan fingerprint density at radius 3 is 2.79 bits per heavy atom. The summed E-state index contributed by atoms with van der Waals surface area (Å²) in [6.07, 6.45) is 3.30. The first-order chi connectivity index (χ1) is 9.13. The molecule has 0 saturated heterocycles. The van der Waals surface area contributed by atoms with Crippen molar-refractivity contribution < 1.29 is 0 Å². The molecule has 2 aromatic rings. The maximum Gasteiger partial charge on any atom is 0.102 e. The average molecular weight is 314 g/mol. The van der Waals surface area contributed by atoms with Gasteiger partial charge in [0.25, 0.3) is 0 Å². The fraction of sp³-hybridized carbons (Fsp3) is 0.0667. The summed E-state index contributed by atoms with van der Waals surface area (Å²) in [6.45, 7) is 1.97. The molecule has 0 aliphatic carbocycles. The lowest BCUT2D eigenvalue weighted by Gasteiger charge is -2.09. The molecular weight excluding hydrogens is 302 g/mol. The second kappa shape index (κ2) is 5.68. The molecule has 2 rings (SSSR count). The monoisotopic (exact) mass is 313 g/mol. The summed E-state index contributed by atoms with van der Waals surface area (Å²) in [7, 11) is 0. The summed E-state index contributed by atoms with van der Waals surface area (Å²) >= 11 is 3.42. The normalized spacial score (nSPS) is 11.6. The maximum absolute atomic E-state index is 9.34. The number of hydrogen-bond donors (Lipinski definition) is 1. The third-order valence-corrected chi connectivity index (χ3v) is 3.31. The van der Waals surface area contributed by atoms with Gasteiger partial charge in [-0.15, -0.1) is 0 Å². The highest BCUT2D eigenvalue weighted by molar-refractivity contribution is 9.10. The van der Waals surface area contributed by atoms with E-state index in [4.69, 9.17) is 5.73 Å². The molecule has 0 bridgehead atoms. The zero-order valence-corrected chi connectivity index (χ0v) is 12.0. The molecule has 3 nitrogen and oxygen atoms in total. The number of pyridine rings is 1. The minimum absolute atomic E-state index is 0.439. The molecule has 0 radical (unpaired) electrons. The largest absolute Gasteiger partial charge is 0.397 e. The Morgan fingerprint density at radius 2 is 2.16 bits per heavy atom. The molecule has 0 aliphatic heterocycles. The number of rotatable bonds is 2. The molecule has 0 fully saturated rings. The smallest absolute Gasteiger partial charge is 0.102 e. The van der Waals surface area contributed by atoms with Crippen LogP contribution in [0.1, 0.15) is 16.7 Å². The van der Waals surface area contributed by atoms with Crippen molar-refractivity contribution in [3.05, 3.63) is 63.9 Å². The van der Waals surface area contributed by atoms with E-state index >= 15 is 0 Å². The zero-order valence-electron chi connectivity index (χ0n) is 10.4. The lowest BCUT2D eigenvalue weighted by atomic mass is 9.99. The zero-order chi connectivity index (χ0) is 13.8. The first-order valence-electron chi connectivity index (χ1n) is 5.70. The van der Waals surface area contributed by atoms with Crippen molar-refractivity contribution in [3.8, 4) is 6.07 Å². The second-order valence-corrected chi connectivity index (χ2v) is 5.02. The van der Waals surface area contributed by atoms with Crippen LogP contribution < -0.4 is 5.73 Å².